The summed E-state index contributed by atoms with van der Waals surface area (Å²) in [6, 6.07) is 74.8. The van der Waals surface area contributed by atoms with Gasteiger partial charge in [-0.3, -0.25) is 0 Å². The fraction of sp³-hybridized carbons (Fsp3) is 0.0323. The minimum absolute atomic E-state index is 0.704. The van der Waals surface area contributed by atoms with Crippen molar-refractivity contribution in [2.45, 2.75) is 12.8 Å². The molecule has 0 aliphatic heterocycles. The highest BCUT2D eigenvalue weighted by atomic mass is 15.0. The molecule has 0 saturated heterocycles. The number of allylic oxidation sites excluding steroid dienone is 4. The second-order valence-electron chi connectivity index (χ2n) is 17.3. The van der Waals surface area contributed by atoms with E-state index in [-0.39, 0.29) is 0 Å². The molecule has 0 spiro atoms. The first-order valence-electron chi connectivity index (χ1n) is 23.2. The lowest BCUT2D eigenvalue weighted by Gasteiger charge is -2.13. The molecule has 1 aliphatic carbocycles. The van der Waals surface area contributed by atoms with E-state index in [0.29, 0.717) is 5.82 Å². The van der Waals surface area contributed by atoms with Crippen LogP contribution < -0.4 is 0 Å². The number of fused-ring (bicyclic) bond motifs is 7. The standard InChI is InChI=1S/C62H42N6/c1-5-17-41(18-6-1)51-39-53(65-61(63-51)45-21-9-3-10-22-45)43-29-33-47(34-30-43)67-55-27-15-13-25-49(55)59-57(67)37-38-58-60(59)50-26-14-16-28-56(50)68(58)48-35-31-44(32-36-48)54-40-52(42-19-7-2-8-20-42)64-62(66-54)46-23-11-4-12-24-46/h1,3-7,9-40H,2,8H2. The number of nitrogens with zero attached hydrogens (tertiary/aromatic N) is 6. The predicted octanol–water partition coefficient (Wildman–Crippen LogP) is 15.5. The van der Waals surface area contributed by atoms with Gasteiger partial charge < -0.3 is 9.13 Å². The molecular weight excluding hydrogens is 829 g/mol. The molecule has 0 atom stereocenters. The number of para-hydroxylation sites is 2. The number of rotatable bonds is 8. The van der Waals surface area contributed by atoms with Gasteiger partial charge in [0.1, 0.15) is 0 Å². The first-order chi connectivity index (χ1) is 33.7. The summed E-state index contributed by atoms with van der Waals surface area (Å²) in [6.45, 7) is 0. The van der Waals surface area contributed by atoms with E-state index in [1.165, 1.54) is 21.5 Å². The van der Waals surface area contributed by atoms with Crippen LogP contribution in [0, 0.1) is 0 Å². The van der Waals surface area contributed by atoms with Crippen LogP contribution >= 0.6 is 0 Å². The molecule has 4 heterocycles. The van der Waals surface area contributed by atoms with Gasteiger partial charge in [0.25, 0.3) is 0 Å². The minimum atomic E-state index is 0.704. The van der Waals surface area contributed by atoms with Gasteiger partial charge in [0.05, 0.1) is 44.8 Å². The summed E-state index contributed by atoms with van der Waals surface area (Å²) in [5.74, 6) is 1.43. The summed E-state index contributed by atoms with van der Waals surface area (Å²) in [4.78, 5) is 20.3. The van der Waals surface area contributed by atoms with Crippen molar-refractivity contribution in [3.05, 3.63) is 236 Å². The summed E-state index contributed by atoms with van der Waals surface area (Å²) in [6.07, 6.45) is 8.76. The quantitative estimate of drug-likeness (QED) is 0.153. The highest BCUT2D eigenvalue weighted by molar-refractivity contribution is 6.28. The van der Waals surface area contributed by atoms with Gasteiger partial charge in [0.2, 0.25) is 0 Å². The summed E-state index contributed by atoms with van der Waals surface area (Å²) in [5, 5.41) is 4.89. The first-order valence-corrected chi connectivity index (χ1v) is 23.2. The second kappa shape index (κ2) is 16.5. The van der Waals surface area contributed by atoms with Crippen molar-refractivity contribution >= 4 is 49.2 Å². The van der Waals surface area contributed by atoms with Gasteiger partial charge >= 0.3 is 0 Å². The van der Waals surface area contributed by atoms with Gasteiger partial charge in [-0.1, -0.05) is 170 Å². The molecule has 68 heavy (non-hydrogen) atoms. The van der Waals surface area contributed by atoms with Crippen LogP contribution in [0.4, 0.5) is 0 Å². The molecule has 12 aromatic rings. The molecule has 0 saturated carbocycles. The maximum Gasteiger partial charge on any atom is 0.160 e. The fourth-order valence-corrected chi connectivity index (χ4v) is 9.97. The molecule has 6 heteroatoms. The molecule has 6 nitrogen and oxygen atoms in total. The van der Waals surface area contributed by atoms with Crippen LogP contribution in [-0.4, -0.2) is 29.1 Å². The van der Waals surface area contributed by atoms with Crippen molar-refractivity contribution in [3.63, 3.8) is 0 Å². The van der Waals surface area contributed by atoms with Crippen molar-refractivity contribution in [1.82, 2.24) is 29.1 Å². The van der Waals surface area contributed by atoms with Gasteiger partial charge in [-0.05, 0) is 79.1 Å². The van der Waals surface area contributed by atoms with Crippen molar-refractivity contribution in [1.29, 1.82) is 0 Å². The zero-order chi connectivity index (χ0) is 45.0. The van der Waals surface area contributed by atoms with Gasteiger partial charge in [-0.2, -0.15) is 0 Å². The third kappa shape index (κ3) is 6.81. The Morgan fingerprint density at radius 2 is 0.721 bits per heavy atom. The molecular formula is C62H42N6. The highest BCUT2D eigenvalue weighted by Crippen LogP contribution is 2.43. The lowest BCUT2D eigenvalue weighted by molar-refractivity contribution is 1.03. The van der Waals surface area contributed by atoms with E-state index in [1.54, 1.807) is 0 Å². The van der Waals surface area contributed by atoms with Crippen LogP contribution in [0.25, 0.3) is 117 Å². The SMILES string of the molecule is C1=CC(c2cc(-c3ccc(-n4c5ccccc5c5c6c7ccccc7n(-c7ccc(-c8cc(-c9ccccc9)nc(-c9ccccc9)n8)cc7)c6ccc54)cc3)nc(-c3ccccc3)n2)=CCC1. The Morgan fingerprint density at radius 1 is 0.324 bits per heavy atom. The molecule has 4 aromatic heterocycles. The van der Waals surface area contributed by atoms with Crippen molar-refractivity contribution < 1.29 is 0 Å². The molecule has 0 radical (unpaired) electrons. The molecule has 0 N–H and O–H groups in total. The van der Waals surface area contributed by atoms with E-state index in [1.807, 2.05) is 42.5 Å². The predicted molar refractivity (Wildman–Crippen MR) is 280 cm³/mol. The minimum Gasteiger partial charge on any atom is -0.309 e. The number of hydrogen-bond acceptors (Lipinski definition) is 4. The molecule has 8 aromatic carbocycles. The maximum absolute atomic E-state index is 5.12. The Morgan fingerprint density at radius 3 is 1.18 bits per heavy atom. The molecule has 1 aliphatic rings. The highest BCUT2D eigenvalue weighted by Gasteiger charge is 2.21. The van der Waals surface area contributed by atoms with E-state index >= 15 is 0 Å². The summed E-state index contributed by atoms with van der Waals surface area (Å²) < 4.78 is 4.81. The summed E-state index contributed by atoms with van der Waals surface area (Å²) in [5.41, 5.74) is 16.6. The lowest BCUT2D eigenvalue weighted by atomic mass is 10.0. The molecule has 0 unspecified atom stereocenters. The van der Waals surface area contributed by atoms with E-state index in [4.69, 9.17) is 19.9 Å². The first kappa shape index (κ1) is 39.4. The van der Waals surface area contributed by atoms with Gasteiger partial charge in [-0.15, -0.1) is 0 Å². The Bertz CT molecular complexity index is 3860. The largest absolute Gasteiger partial charge is 0.309 e. The summed E-state index contributed by atoms with van der Waals surface area (Å²) >= 11 is 0. The zero-order valence-corrected chi connectivity index (χ0v) is 37.0. The van der Waals surface area contributed by atoms with E-state index in [9.17, 15) is 0 Å². The van der Waals surface area contributed by atoms with Gasteiger partial charge in [0, 0.05) is 60.7 Å². The monoisotopic (exact) mass is 870 g/mol. The molecule has 320 valence electrons. The average Bonchev–Trinajstić information content (AvgIpc) is 3.94. The van der Waals surface area contributed by atoms with Crippen LogP contribution in [0.5, 0.6) is 0 Å². The number of aromatic nitrogens is 6. The van der Waals surface area contributed by atoms with Crippen LogP contribution in [0.3, 0.4) is 0 Å². The van der Waals surface area contributed by atoms with E-state index in [0.717, 1.165) is 108 Å². The smallest absolute Gasteiger partial charge is 0.160 e. The second-order valence-corrected chi connectivity index (χ2v) is 17.3. The van der Waals surface area contributed by atoms with Crippen molar-refractivity contribution in [2.24, 2.45) is 0 Å². The molecule has 0 amide bonds. The average molecular weight is 871 g/mol. The van der Waals surface area contributed by atoms with E-state index < -0.39 is 0 Å². The topological polar surface area (TPSA) is 61.4 Å². The van der Waals surface area contributed by atoms with Crippen LogP contribution in [0.2, 0.25) is 0 Å². The maximum atomic E-state index is 5.12. The van der Waals surface area contributed by atoms with Gasteiger partial charge in [-0.25, -0.2) is 19.9 Å². The van der Waals surface area contributed by atoms with Crippen LogP contribution in [-0.2, 0) is 0 Å². The third-order valence-corrected chi connectivity index (χ3v) is 13.2. The Balaban J connectivity index is 0.921. The molecule has 13 rings (SSSR count). The van der Waals surface area contributed by atoms with Crippen molar-refractivity contribution in [3.8, 4) is 67.9 Å². The van der Waals surface area contributed by atoms with Crippen molar-refractivity contribution in [2.75, 3.05) is 0 Å². The Hall–Kier alpha value is -9.00. The van der Waals surface area contributed by atoms with Gasteiger partial charge in [0.15, 0.2) is 11.6 Å². The zero-order valence-electron chi connectivity index (χ0n) is 37.0. The summed E-state index contributed by atoms with van der Waals surface area (Å²) in [7, 11) is 0. The Labute approximate surface area is 393 Å². The van der Waals surface area contributed by atoms with Crippen LogP contribution in [0.15, 0.2) is 231 Å². The number of hydrogen-bond donors (Lipinski definition) is 0. The lowest BCUT2D eigenvalue weighted by Crippen LogP contribution is -1.99. The van der Waals surface area contributed by atoms with E-state index in [2.05, 4.69) is 197 Å². The molecule has 0 fully saturated rings. The number of benzene rings is 8. The third-order valence-electron chi connectivity index (χ3n) is 13.2. The van der Waals surface area contributed by atoms with Crippen LogP contribution in [0.1, 0.15) is 18.5 Å². The normalized spacial score (nSPS) is 12.6. The fourth-order valence-electron chi connectivity index (χ4n) is 9.97. The Kier molecular flexibility index (Phi) is 9.53. The molecule has 0 bridgehead atoms.